The molecular formula is C10H10N4O2. The lowest BCUT2D eigenvalue weighted by molar-refractivity contribution is -0.137. The van der Waals surface area contributed by atoms with Gasteiger partial charge in [0.05, 0.1) is 18.5 Å². The topological polar surface area (TPSA) is 102 Å². The second-order valence-corrected chi connectivity index (χ2v) is 2.71. The molecule has 0 spiro atoms. The van der Waals surface area contributed by atoms with E-state index in [-0.39, 0.29) is 23.6 Å². The molecular weight excluding hydrogens is 208 g/mol. The lowest BCUT2D eigenvalue weighted by Crippen LogP contribution is -2.13. The summed E-state index contributed by atoms with van der Waals surface area (Å²) >= 11 is 0. The summed E-state index contributed by atoms with van der Waals surface area (Å²) in [6.07, 6.45) is 4.25. The molecule has 0 radical (unpaired) electrons. The molecule has 6 heteroatoms. The Morgan fingerprint density at radius 2 is 2.38 bits per heavy atom. The average Bonchev–Trinajstić information content (AvgIpc) is 2.31. The number of hydrogen-bond acceptors (Lipinski definition) is 6. The van der Waals surface area contributed by atoms with E-state index in [2.05, 4.69) is 9.97 Å². The van der Waals surface area contributed by atoms with Crippen LogP contribution in [0.15, 0.2) is 24.2 Å². The van der Waals surface area contributed by atoms with Crippen molar-refractivity contribution in [2.24, 2.45) is 5.73 Å². The third kappa shape index (κ3) is 2.54. The number of rotatable bonds is 3. The standard InChI is InChI=1S/C10H10N4O2/c1-2-16-10(15)7(5-11)9(12)8-6-13-3-4-14-8/h3-4,6H,2,12H2,1H3. The van der Waals surface area contributed by atoms with Crippen molar-refractivity contribution in [1.82, 2.24) is 9.97 Å². The van der Waals surface area contributed by atoms with E-state index in [1.165, 1.54) is 18.6 Å². The van der Waals surface area contributed by atoms with Gasteiger partial charge in [-0.15, -0.1) is 0 Å². The summed E-state index contributed by atoms with van der Waals surface area (Å²) < 4.78 is 4.69. The van der Waals surface area contributed by atoms with Crippen LogP contribution in [0.4, 0.5) is 0 Å². The Bertz CT molecular complexity index is 448. The van der Waals surface area contributed by atoms with E-state index in [4.69, 9.17) is 15.7 Å². The molecule has 0 aliphatic heterocycles. The molecule has 0 saturated carbocycles. The molecule has 0 saturated heterocycles. The SMILES string of the molecule is CCOC(=O)C(C#N)=C(N)c1cnccn1. The monoisotopic (exact) mass is 218 g/mol. The first-order valence-corrected chi connectivity index (χ1v) is 4.54. The summed E-state index contributed by atoms with van der Waals surface area (Å²) in [4.78, 5) is 19.0. The van der Waals surface area contributed by atoms with Gasteiger partial charge in [0.2, 0.25) is 0 Å². The first-order chi connectivity index (χ1) is 7.70. The maximum Gasteiger partial charge on any atom is 0.351 e. The van der Waals surface area contributed by atoms with Crippen LogP contribution in [0.2, 0.25) is 0 Å². The Labute approximate surface area is 92.4 Å². The predicted octanol–water partition coefficient (Wildman–Crippen LogP) is 0.233. The first-order valence-electron chi connectivity index (χ1n) is 4.54. The number of esters is 1. The summed E-state index contributed by atoms with van der Waals surface area (Å²) in [6.45, 7) is 1.82. The highest BCUT2D eigenvalue weighted by Crippen LogP contribution is 2.10. The van der Waals surface area contributed by atoms with Crippen molar-refractivity contribution in [2.75, 3.05) is 6.61 Å². The van der Waals surface area contributed by atoms with Gasteiger partial charge in [0.15, 0.2) is 5.57 Å². The minimum Gasteiger partial charge on any atom is -0.462 e. The van der Waals surface area contributed by atoms with Crippen LogP contribution in [0.3, 0.4) is 0 Å². The fourth-order valence-electron chi connectivity index (χ4n) is 0.985. The lowest BCUT2D eigenvalue weighted by atomic mass is 10.2. The Morgan fingerprint density at radius 3 is 2.88 bits per heavy atom. The van der Waals surface area contributed by atoms with Crippen LogP contribution in [0, 0.1) is 11.3 Å². The minimum atomic E-state index is -0.756. The molecule has 1 aromatic rings. The molecule has 0 fully saturated rings. The van der Waals surface area contributed by atoms with Gasteiger partial charge in [0, 0.05) is 12.4 Å². The zero-order valence-corrected chi connectivity index (χ0v) is 8.67. The van der Waals surface area contributed by atoms with Crippen LogP contribution in [0.1, 0.15) is 12.6 Å². The molecule has 82 valence electrons. The average molecular weight is 218 g/mol. The van der Waals surface area contributed by atoms with Crippen LogP contribution >= 0.6 is 0 Å². The summed E-state index contributed by atoms with van der Waals surface area (Å²) in [5.41, 5.74) is 5.61. The fraction of sp³-hybridized carbons (Fsp3) is 0.200. The van der Waals surface area contributed by atoms with Crippen molar-refractivity contribution >= 4 is 11.7 Å². The Kier molecular flexibility index (Phi) is 3.98. The van der Waals surface area contributed by atoms with Gasteiger partial charge in [-0.05, 0) is 6.92 Å². The zero-order valence-electron chi connectivity index (χ0n) is 8.67. The molecule has 0 bridgehead atoms. The normalized spacial score (nSPS) is 11.2. The quantitative estimate of drug-likeness (QED) is 0.442. The van der Waals surface area contributed by atoms with Crippen LogP contribution in [0.25, 0.3) is 5.70 Å². The first kappa shape index (κ1) is 11.7. The number of nitrogens with two attached hydrogens (primary N) is 1. The number of ether oxygens (including phenoxy) is 1. The largest absolute Gasteiger partial charge is 0.462 e. The van der Waals surface area contributed by atoms with E-state index in [0.29, 0.717) is 0 Å². The summed E-state index contributed by atoms with van der Waals surface area (Å²) in [6, 6.07) is 1.70. The highest BCUT2D eigenvalue weighted by atomic mass is 16.5. The Balaban J connectivity index is 3.11. The molecule has 1 aromatic heterocycles. The summed E-state index contributed by atoms with van der Waals surface area (Å²) in [5.74, 6) is -0.756. The summed E-state index contributed by atoms with van der Waals surface area (Å²) in [5, 5.41) is 8.82. The van der Waals surface area contributed by atoms with E-state index in [1.807, 2.05) is 0 Å². The molecule has 0 aromatic carbocycles. The number of nitrogens with zero attached hydrogens (tertiary/aromatic N) is 3. The molecule has 0 atom stereocenters. The van der Waals surface area contributed by atoms with E-state index < -0.39 is 5.97 Å². The van der Waals surface area contributed by atoms with Crippen LogP contribution < -0.4 is 5.73 Å². The fourth-order valence-corrected chi connectivity index (χ4v) is 0.985. The maximum atomic E-state index is 11.4. The minimum absolute atomic E-state index is 0.0333. The van der Waals surface area contributed by atoms with Crippen molar-refractivity contribution in [1.29, 1.82) is 5.26 Å². The predicted molar refractivity (Wildman–Crippen MR) is 55.4 cm³/mol. The third-order valence-electron chi connectivity index (χ3n) is 1.70. The van der Waals surface area contributed by atoms with Gasteiger partial charge < -0.3 is 10.5 Å². The Hall–Kier alpha value is -2.42. The molecule has 1 heterocycles. The number of carbonyl (C=O) groups excluding carboxylic acids is 1. The molecule has 0 aliphatic carbocycles. The van der Waals surface area contributed by atoms with Gasteiger partial charge in [-0.3, -0.25) is 9.97 Å². The maximum absolute atomic E-state index is 11.4. The summed E-state index contributed by atoms with van der Waals surface area (Å²) in [7, 11) is 0. The smallest absolute Gasteiger partial charge is 0.351 e. The van der Waals surface area contributed by atoms with Gasteiger partial charge in [-0.2, -0.15) is 5.26 Å². The van der Waals surface area contributed by atoms with Crippen LogP contribution in [-0.4, -0.2) is 22.5 Å². The van der Waals surface area contributed by atoms with E-state index in [9.17, 15) is 4.79 Å². The van der Waals surface area contributed by atoms with Crippen LogP contribution in [-0.2, 0) is 9.53 Å². The van der Waals surface area contributed by atoms with Crippen molar-refractivity contribution in [3.8, 4) is 6.07 Å². The molecule has 2 N–H and O–H groups in total. The van der Waals surface area contributed by atoms with E-state index in [1.54, 1.807) is 13.0 Å². The molecule has 6 nitrogen and oxygen atoms in total. The number of carbonyl (C=O) groups is 1. The number of nitriles is 1. The van der Waals surface area contributed by atoms with Gasteiger partial charge in [0.25, 0.3) is 0 Å². The highest BCUT2D eigenvalue weighted by molar-refractivity contribution is 6.00. The van der Waals surface area contributed by atoms with Gasteiger partial charge in [-0.25, -0.2) is 4.79 Å². The van der Waals surface area contributed by atoms with Crippen molar-refractivity contribution < 1.29 is 9.53 Å². The van der Waals surface area contributed by atoms with Crippen molar-refractivity contribution in [3.05, 3.63) is 29.9 Å². The number of hydrogen-bond donors (Lipinski definition) is 1. The molecule has 0 amide bonds. The second-order valence-electron chi connectivity index (χ2n) is 2.71. The molecule has 1 rings (SSSR count). The lowest BCUT2D eigenvalue weighted by Gasteiger charge is -2.03. The highest BCUT2D eigenvalue weighted by Gasteiger charge is 2.16. The van der Waals surface area contributed by atoms with Gasteiger partial charge in [-0.1, -0.05) is 0 Å². The molecule has 16 heavy (non-hydrogen) atoms. The van der Waals surface area contributed by atoms with E-state index >= 15 is 0 Å². The van der Waals surface area contributed by atoms with E-state index in [0.717, 1.165) is 0 Å². The van der Waals surface area contributed by atoms with Crippen molar-refractivity contribution in [3.63, 3.8) is 0 Å². The molecule has 0 aliphatic rings. The Morgan fingerprint density at radius 1 is 1.62 bits per heavy atom. The van der Waals surface area contributed by atoms with Crippen LogP contribution in [0.5, 0.6) is 0 Å². The molecule has 0 unspecified atom stereocenters. The second kappa shape index (κ2) is 5.46. The van der Waals surface area contributed by atoms with Gasteiger partial charge >= 0.3 is 5.97 Å². The third-order valence-corrected chi connectivity index (χ3v) is 1.70. The van der Waals surface area contributed by atoms with Gasteiger partial charge in [0.1, 0.15) is 11.8 Å². The van der Waals surface area contributed by atoms with Crippen molar-refractivity contribution in [2.45, 2.75) is 6.92 Å². The number of aromatic nitrogens is 2. The zero-order chi connectivity index (χ0) is 12.0.